The molecule has 0 saturated carbocycles. The van der Waals surface area contributed by atoms with E-state index < -0.39 is 16.7 Å². The van der Waals surface area contributed by atoms with Crippen LogP contribution in [0.2, 0.25) is 0 Å². The molecule has 10 nitrogen and oxygen atoms in total. The van der Waals surface area contributed by atoms with Crippen LogP contribution in [0.4, 0.5) is 22.9 Å². The van der Waals surface area contributed by atoms with Gasteiger partial charge in [-0.25, -0.2) is 9.88 Å². The first kappa shape index (κ1) is 24.1. The molecule has 188 valence electrons. The van der Waals surface area contributed by atoms with E-state index in [9.17, 15) is 19.7 Å². The third-order valence-electron chi connectivity index (χ3n) is 6.59. The van der Waals surface area contributed by atoms with Crippen LogP contribution in [0.25, 0.3) is 11.3 Å². The fourth-order valence-electron chi connectivity index (χ4n) is 4.63. The van der Waals surface area contributed by atoms with E-state index in [4.69, 9.17) is 0 Å². The molecule has 2 aromatic carbocycles. The molecule has 1 N–H and O–H groups in total. The lowest BCUT2D eigenvalue weighted by Gasteiger charge is -2.33. The number of nitrogens with zero attached hydrogens (tertiary/aromatic N) is 5. The zero-order valence-electron chi connectivity index (χ0n) is 20.5. The summed E-state index contributed by atoms with van der Waals surface area (Å²) in [5.41, 5.74) is 2.58. The van der Waals surface area contributed by atoms with Crippen molar-refractivity contribution in [2.45, 2.75) is 6.92 Å². The summed E-state index contributed by atoms with van der Waals surface area (Å²) in [6.45, 7) is 5.00. The number of likely N-dealkylation sites (N-methyl/N-ethyl adjacent to an activating group) is 1. The van der Waals surface area contributed by atoms with Crippen molar-refractivity contribution >= 4 is 46.0 Å². The van der Waals surface area contributed by atoms with Crippen LogP contribution in [0.5, 0.6) is 0 Å². The number of carbonyl (C=O) groups is 2. The SMILES string of the molecule is CC(=O)N1C(=O)/C(=C(\Nc2ccc(N3CCN(C)CC3)nc2)c2ccccc2)c2ccc([N+](=O)[O-])cc21. The van der Waals surface area contributed by atoms with Crippen molar-refractivity contribution in [3.05, 3.63) is 88.1 Å². The predicted octanol–water partition coefficient (Wildman–Crippen LogP) is 3.62. The van der Waals surface area contributed by atoms with Gasteiger partial charge in [0.25, 0.3) is 11.6 Å². The first-order valence-electron chi connectivity index (χ1n) is 11.9. The molecule has 0 aliphatic carbocycles. The Balaban J connectivity index is 1.58. The van der Waals surface area contributed by atoms with E-state index in [-0.39, 0.29) is 16.9 Å². The first-order chi connectivity index (χ1) is 17.8. The van der Waals surface area contributed by atoms with Crippen LogP contribution in [-0.2, 0) is 9.59 Å². The fraction of sp³-hybridized carbons (Fsp3) is 0.222. The Hall–Kier alpha value is -4.57. The molecule has 1 fully saturated rings. The molecule has 1 aromatic heterocycles. The van der Waals surface area contributed by atoms with Crippen molar-refractivity contribution < 1.29 is 14.5 Å². The molecule has 2 aliphatic heterocycles. The Kier molecular flexibility index (Phi) is 6.41. The highest BCUT2D eigenvalue weighted by molar-refractivity contribution is 6.43. The Morgan fingerprint density at radius 3 is 2.38 bits per heavy atom. The highest BCUT2D eigenvalue weighted by atomic mass is 16.6. The molecule has 2 aliphatic rings. The highest BCUT2D eigenvalue weighted by Gasteiger charge is 2.38. The lowest BCUT2D eigenvalue weighted by molar-refractivity contribution is -0.384. The molecular weight excluding hydrogens is 472 g/mol. The summed E-state index contributed by atoms with van der Waals surface area (Å²) in [4.78, 5) is 47.0. The van der Waals surface area contributed by atoms with E-state index in [1.165, 1.54) is 25.1 Å². The number of hydrogen-bond acceptors (Lipinski definition) is 8. The largest absolute Gasteiger partial charge is 0.354 e. The Labute approximate surface area is 214 Å². The molecular formula is C27H26N6O4. The average molecular weight is 499 g/mol. The van der Waals surface area contributed by atoms with Crippen molar-refractivity contribution in [2.75, 3.05) is 48.3 Å². The summed E-state index contributed by atoms with van der Waals surface area (Å²) in [5, 5.41) is 14.7. The second kappa shape index (κ2) is 9.82. The summed E-state index contributed by atoms with van der Waals surface area (Å²) in [6, 6.07) is 17.3. The van der Waals surface area contributed by atoms with E-state index in [1.54, 1.807) is 6.20 Å². The summed E-state index contributed by atoms with van der Waals surface area (Å²) in [6.07, 6.45) is 1.72. The van der Waals surface area contributed by atoms with Crippen LogP contribution in [0, 0.1) is 10.1 Å². The van der Waals surface area contributed by atoms with Crippen molar-refractivity contribution in [3.63, 3.8) is 0 Å². The first-order valence-corrected chi connectivity index (χ1v) is 11.9. The number of anilines is 3. The summed E-state index contributed by atoms with van der Waals surface area (Å²) < 4.78 is 0. The van der Waals surface area contributed by atoms with Crippen LogP contribution in [0.1, 0.15) is 18.1 Å². The molecule has 2 amide bonds. The number of imide groups is 1. The molecule has 0 radical (unpaired) electrons. The van der Waals surface area contributed by atoms with Crippen LogP contribution in [0.3, 0.4) is 0 Å². The zero-order valence-corrected chi connectivity index (χ0v) is 20.5. The van der Waals surface area contributed by atoms with Gasteiger partial charge in [0.15, 0.2) is 0 Å². The number of nitro benzene ring substituents is 1. The number of pyridine rings is 1. The Bertz CT molecular complexity index is 1400. The molecule has 0 bridgehead atoms. The third kappa shape index (κ3) is 4.66. The zero-order chi connectivity index (χ0) is 26.1. The van der Waals surface area contributed by atoms with E-state index in [0.717, 1.165) is 42.5 Å². The maximum absolute atomic E-state index is 13.6. The maximum Gasteiger partial charge on any atom is 0.271 e. The number of rotatable bonds is 5. The molecule has 0 unspecified atom stereocenters. The van der Waals surface area contributed by atoms with Crippen LogP contribution in [0.15, 0.2) is 66.9 Å². The number of nitro groups is 1. The van der Waals surface area contributed by atoms with Gasteiger partial charge in [0.05, 0.1) is 33.8 Å². The molecule has 37 heavy (non-hydrogen) atoms. The van der Waals surface area contributed by atoms with E-state index in [1.807, 2.05) is 42.5 Å². The second-order valence-electron chi connectivity index (χ2n) is 9.05. The minimum absolute atomic E-state index is 0.195. The number of hydrogen-bond donors (Lipinski definition) is 1. The number of non-ortho nitro benzene ring substituents is 1. The van der Waals surface area contributed by atoms with E-state index in [0.29, 0.717) is 16.9 Å². The molecule has 3 aromatic rings. The van der Waals surface area contributed by atoms with Gasteiger partial charge in [-0.1, -0.05) is 30.3 Å². The minimum atomic E-state index is -0.547. The van der Waals surface area contributed by atoms with Crippen molar-refractivity contribution in [1.82, 2.24) is 9.88 Å². The van der Waals surface area contributed by atoms with Gasteiger partial charge in [-0.05, 0) is 30.8 Å². The number of nitrogens with one attached hydrogen (secondary N) is 1. The number of carbonyl (C=O) groups excluding carboxylic acids is 2. The van der Waals surface area contributed by atoms with Gasteiger partial charge in [-0.15, -0.1) is 0 Å². The van der Waals surface area contributed by atoms with Gasteiger partial charge in [-0.3, -0.25) is 19.7 Å². The molecule has 1 saturated heterocycles. The van der Waals surface area contributed by atoms with E-state index in [2.05, 4.69) is 27.1 Å². The smallest absolute Gasteiger partial charge is 0.271 e. The quantitative estimate of drug-likeness (QED) is 0.323. The van der Waals surface area contributed by atoms with Gasteiger partial charge in [-0.2, -0.15) is 0 Å². The lowest BCUT2D eigenvalue weighted by Crippen LogP contribution is -2.44. The minimum Gasteiger partial charge on any atom is -0.354 e. The topological polar surface area (TPSA) is 112 Å². The summed E-state index contributed by atoms with van der Waals surface area (Å²) in [7, 11) is 2.10. The molecule has 0 atom stereocenters. The van der Waals surface area contributed by atoms with Gasteiger partial charge >= 0.3 is 0 Å². The van der Waals surface area contributed by atoms with Crippen molar-refractivity contribution in [1.29, 1.82) is 0 Å². The average Bonchev–Trinajstić information content (AvgIpc) is 3.19. The summed E-state index contributed by atoms with van der Waals surface area (Å²) in [5.74, 6) is -0.186. The van der Waals surface area contributed by atoms with Crippen molar-refractivity contribution in [2.24, 2.45) is 0 Å². The summed E-state index contributed by atoms with van der Waals surface area (Å²) >= 11 is 0. The van der Waals surface area contributed by atoms with E-state index >= 15 is 0 Å². The number of piperazine rings is 1. The predicted molar refractivity (Wildman–Crippen MR) is 142 cm³/mol. The van der Waals surface area contributed by atoms with Gasteiger partial charge in [0, 0.05) is 50.8 Å². The number of amides is 2. The molecule has 3 heterocycles. The molecule has 10 heteroatoms. The normalized spacial score (nSPS) is 17.0. The second-order valence-corrected chi connectivity index (χ2v) is 9.05. The van der Waals surface area contributed by atoms with Crippen LogP contribution < -0.4 is 15.1 Å². The number of aromatic nitrogens is 1. The van der Waals surface area contributed by atoms with Gasteiger partial charge < -0.3 is 15.1 Å². The maximum atomic E-state index is 13.6. The third-order valence-corrected chi connectivity index (χ3v) is 6.59. The monoisotopic (exact) mass is 498 g/mol. The van der Waals surface area contributed by atoms with Crippen LogP contribution in [-0.4, -0.2) is 59.8 Å². The van der Waals surface area contributed by atoms with Gasteiger partial charge in [0.2, 0.25) is 5.91 Å². The lowest BCUT2D eigenvalue weighted by atomic mass is 10.00. The fourth-order valence-corrected chi connectivity index (χ4v) is 4.63. The Morgan fingerprint density at radius 2 is 1.76 bits per heavy atom. The van der Waals surface area contributed by atoms with Crippen LogP contribution >= 0.6 is 0 Å². The molecule has 0 spiro atoms. The van der Waals surface area contributed by atoms with Gasteiger partial charge in [0.1, 0.15) is 5.82 Å². The number of fused-ring (bicyclic) bond motifs is 1. The standard InChI is InChI=1S/C27H26N6O4/c1-18(34)32-23-16-21(33(36)37)9-10-22(23)25(27(32)35)26(19-6-4-3-5-7-19)29-20-8-11-24(28-17-20)31-14-12-30(2)13-15-31/h3-11,16-17,29H,12-15H2,1-2H3/b26-25-. The number of benzene rings is 2. The van der Waals surface area contributed by atoms with Crippen molar-refractivity contribution in [3.8, 4) is 0 Å². The molecule has 5 rings (SSSR count). The Morgan fingerprint density at radius 1 is 1.03 bits per heavy atom. The highest BCUT2D eigenvalue weighted by Crippen LogP contribution is 2.42.